The molecule has 1 aliphatic rings. The van der Waals surface area contributed by atoms with E-state index in [4.69, 9.17) is 0 Å². The summed E-state index contributed by atoms with van der Waals surface area (Å²) in [5.41, 5.74) is -0.0180. The first-order valence-corrected chi connectivity index (χ1v) is 7.59. The number of carbonyl (C=O) groups is 1. The number of amides is 1. The van der Waals surface area contributed by atoms with Gasteiger partial charge in [0.2, 0.25) is 5.91 Å². The predicted molar refractivity (Wildman–Crippen MR) is 82.7 cm³/mol. The van der Waals surface area contributed by atoms with Crippen LogP contribution in [0.25, 0.3) is 5.69 Å². The van der Waals surface area contributed by atoms with Gasteiger partial charge in [-0.15, -0.1) is 0 Å². The number of halogens is 3. The Balaban J connectivity index is 1.72. The second-order valence-electron chi connectivity index (χ2n) is 5.87. The Bertz CT molecular complexity index is 720. The van der Waals surface area contributed by atoms with Crippen LogP contribution in [0.5, 0.6) is 0 Å². The SMILES string of the molecule is CC(C(=O)Nc1ccc(-n2nccc2C(F)(F)F)cc1)C1CNC1. The Hall–Kier alpha value is -2.35. The number of hydrogen-bond acceptors (Lipinski definition) is 3. The lowest BCUT2D eigenvalue weighted by Crippen LogP contribution is -2.48. The molecule has 2 heterocycles. The molecular formula is C16H17F3N4O. The third-order valence-electron chi connectivity index (χ3n) is 4.25. The molecule has 1 aromatic heterocycles. The number of nitrogens with zero attached hydrogens (tertiary/aromatic N) is 2. The molecule has 1 aromatic carbocycles. The highest BCUT2D eigenvalue weighted by atomic mass is 19.4. The van der Waals surface area contributed by atoms with Crippen molar-refractivity contribution in [1.29, 1.82) is 0 Å². The Morgan fingerprint density at radius 1 is 1.29 bits per heavy atom. The molecule has 0 radical (unpaired) electrons. The summed E-state index contributed by atoms with van der Waals surface area (Å²) >= 11 is 0. The lowest BCUT2D eigenvalue weighted by Gasteiger charge is -2.31. The van der Waals surface area contributed by atoms with Gasteiger partial charge in [0.1, 0.15) is 5.69 Å². The van der Waals surface area contributed by atoms with Gasteiger partial charge in [0.15, 0.2) is 0 Å². The fourth-order valence-corrected chi connectivity index (χ4v) is 2.54. The van der Waals surface area contributed by atoms with E-state index >= 15 is 0 Å². The van der Waals surface area contributed by atoms with E-state index in [0.29, 0.717) is 11.6 Å². The Morgan fingerprint density at radius 2 is 1.96 bits per heavy atom. The molecule has 1 amide bonds. The summed E-state index contributed by atoms with van der Waals surface area (Å²) < 4.78 is 39.5. The van der Waals surface area contributed by atoms with E-state index in [1.165, 1.54) is 12.1 Å². The molecule has 1 atom stereocenters. The summed E-state index contributed by atoms with van der Waals surface area (Å²) in [6, 6.07) is 7.05. The third-order valence-corrected chi connectivity index (χ3v) is 4.25. The van der Waals surface area contributed by atoms with E-state index in [-0.39, 0.29) is 17.5 Å². The zero-order valence-electron chi connectivity index (χ0n) is 13.0. The van der Waals surface area contributed by atoms with Gasteiger partial charge in [-0.3, -0.25) is 4.79 Å². The molecular weight excluding hydrogens is 321 g/mol. The van der Waals surface area contributed by atoms with Crippen molar-refractivity contribution in [2.45, 2.75) is 13.1 Å². The van der Waals surface area contributed by atoms with Crippen molar-refractivity contribution in [3.05, 3.63) is 42.2 Å². The van der Waals surface area contributed by atoms with E-state index in [0.717, 1.165) is 30.0 Å². The first-order chi connectivity index (χ1) is 11.4. The lowest BCUT2D eigenvalue weighted by atomic mass is 9.88. The summed E-state index contributed by atoms with van der Waals surface area (Å²) in [7, 11) is 0. The minimum absolute atomic E-state index is 0.0932. The zero-order valence-corrected chi connectivity index (χ0v) is 13.0. The highest BCUT2D eigenvalue weighted by molar-refractivity contribution is 5.92. The molecule has 8 heteroatoms. The smallest absolute Gasteiger partial charge is 0.326 e. The molecule has 5 nitrogen and oxygen atoms in total. The minimum atomic E-state index is -4.48. The molecule has 24 heavy (non-hydrogen) atoms. The monoisotopic (exact) mass is 338 g/mol. The quantitative estimate of drug-likeness (QED) is 0.901. The molecule has 0 saturated carbocycles. The van der Waals surface area contributed by atoms with E-state index in [1.54, 1.807) is 12.1 Å². The molecule has 128 valence electrons. The van der Waals surface area contributed by atoms with Gasteiger partial charge in [-0.05, 0) is 49.3 Å². The standard InChI is InChI=1S/C16H17F3N4O/c1-10(11-8-20-9-11)15(24)22-12-2-4-13(5-3-12)23-14(6-7-21-23)16(17,18)19/h2-7,10-11,20H,8-9H2,1H3,(H,22,24). The van der Waals surface area contributed by atoms with Crippen molar-refractivity contribution in [3.63, 3.8) is 0 Å². The topological polar surface area (TPSA) is 59.0 Å². The number of carbonyl (C=O) groups excluding carboxylic acids is 1. The third kappa shape index (κ3) is 3.28. The average Bonchev–Trinajstić information content (AvgIpc) is 2.95. The van der Waals surface area contributed by atoms with Crippen molar-refractivity contribution in [2.75, 3.05) is 18.4 Å². The molecule has 1 aliphatic heterocycles. The van der Waals surface area contributed by atoms with Crippen LogP contribution in [-0.2, 0) is 11.0 Å². The first kappa shape index (κ1) is 16.5. The molecule has 1 saturated heterocycles. The fourth-order valence-electron chi connectivity index (χ4n) is 2.54. The van der Waals surface area contributed by atoms with E-state index in [9.17, 15) is 18.0 Å². The molecule has 0 bridgehead atoms. The largest absolute Gasteiger partial charge is 0.433 e. The van der Waals surface area contributed by atoms with Gasteiger partial charge >= 0.3 is 6.18 Å². The number of benzene rings is 1. The maximum atomic E-state index is 12.9. The zero-order chi connectivity index (χ0) is 17.3. The lowest BCUT2D eigenvalue weighted by molar-refractivity contribution is -0.142. The second kappa shape index (κ2) is 6.27. The number of aromatic nitrogens is 2. The van der Waals surface area contributed by atoms with Crippen LogP contribution in [-0.4, -0.2) is 28.8 Å². The van der Waals surface area contributed by atoms with Crippen molar-refractivity contribution >= 4 is 11.6 Å². The van der Waals surface area contributed by atoms with Crippen molar-refractivity contribution in [3.8, 4) is 5.69 Å². The van der Waals surface area contributed by atoms with Crippen molar-refractivity contribution in [1.82, 2.24) is 15.1 Å². The first-order valence-electron chi connectivity index (χ1n) is 7.59. The number of rotatable bonds is 4. The summed E-state index contributed by atoms with van der Waals surface area (Å²) in [5.74, 6) is 0.112. The van der Waals surface area contributed by atoms with Gasteiger partial charge in [0.05, 0.1) is 11.9 Å². The van der Waals surface area contributed by atoms with Crippen LogP contribution in [0.3, 0.4) is 0 Å². The molecule has 0 aliphatic carbocycles. The molecule has 0 spiro atoms. The second-order valence-corrected chi connectivity index (χ2v) is 5.87. The van der Waals surface area contributed by atoms with Gasteiger partial charge in [-0.1, -0.05) is 6.92 Å². The van der Waals surface area contributed by atoms with Crippen molar-refractivity contribution < 1.29 is 18.0 Å². The van der Waals surface area contributed by atoms with Crippen LogP contribution in [0.4, 0.5) is 18.9 Å². The maximum Gasteiger partial charge on any atom is 0.433 e. The fraction of sp³-hybridized carbons (Fsp3) is 0.375. The predicted octanol–water partition coefficient (Wildman–Crippen LogP) is 2.69. The molecule has 2 aromatic rings. The van der Waals surface area contributed by atoms with Crippen LogP contribution in [0, 0.1) is 11.8 Å². The van der Waals surface area contributed by atoms with Crippen molar-refractivity contribution in [2.24, 2.45) is 11.8 Å². The Kier molecular flexibility index (Phi) is 4.31. The summed E-state index contributed by atoms with van der Waals surface area (Å²) in [5, 5.41) is 9.63. The van der Waals surface area contributed by atoms with Crippen LogP contribution in [0.1, 0.15) is 12.6 Å². The summed E-state index contributed by atoms with van der Waals surface area (Å²) in [4.78, 5) is 12.1. The van der Waals surface area contributed by atoms with Gasteiger partial charge in [-0.25, -0.2) is 4.68 Å². The van der Waals surface area contributed by atoms with Gasteiger partial charge in [-0.2, -0.15) is 18.3 Å². The normalized spacial score (nSPS) is 16.5. The highest BCUT2D eigenvalue weighted by Crippen LogP contribution is 2.30. The van der Waals surface area contributed by atoms with Crippen LogP contribution < -0.4 is 10.6 Å². The van der Waals surface area contributed by atoms with Crippen LogP contribution >= 0.6 is 0 Å². The van der Waals surface area contributed by atoms with Crippen LogP contribution in [0.15, 0.2) is 36.5 Å². The number of hydrogen-bond donors (Lipinski definition) is 2. The molecule has 1 fully saturated rings. The number of alkyl halides is 3. The number of nitrogens with one attached hydrogen (secondary N) is 2. The van der Waals surface area contributed by atoms with Gasteiger partial charge in [0.25, 0.3) is 0 Å². The van der Waals surface area contributed by atoms with Gasteiger partial charge < -0.3 is 10.6 Å². The van der Waals surface area contributed by atoms with E-state index in [1.807, 2.05) is 6.92 Å². The maximum absolute atomic E-state index is 12.9. The van der Waals surface area contributed by atoms with E-state index in [2.05, 4.69) is 15.7 Å². The number of anilines is 1. The Morgan fingerprint density at radius 3 is 2.50 bits per heavy atom. The van der Waals surface area contributed by atoms with Gasteiger partial charge in [0, 0.05) is 11.6 Å². The molecule has 1 unspecified atom stereocenters. The Labute approximate surface area is 136 Å². The summed E-state index contributed by atoms with van der Waals surface area (Å²) in [6.45, 7) is 3.52. The molecule has 3 rings (SSSR count). The summed E-state index contributed by atoms with van der Waals surface area (Å²) in [6.07, 6.45) is -3.37. The highest BCUT2D eigenvalue weighted by Gasteiger charge is 2.35. The van der Waals surface area contributed by atoms with Crippen LogP contribution in [0.2, 0.25) is 0 Å². The minimum Gasteiger partial charge on any atom is -0.326 e. The molecule has 2 N–H and O–H groups in total. The van der Waals surface area contributed by atoms with E-state index < -0.39 is 11.9 Å². The average molecular weight is 338 g/mol.